The maximum Gasteiger partial charge on any atom is 0.416 e. The zero-order valence-corrected chi connectivity index (χ0v) is 8.74. The van der Waals surface area contributed by atoms with Crippen LogP contribution in [0.2, 0.25) is 0 Å². The third-order valence-electron chi connectivity index (χ3n) is 2.18. The van der Waals surface area contributed by atoms with Gasteiger partial charge in [0.25, 0.3) is 0 Å². The van der Waals surface area contributed by atoms with Gasteiger partial charge >= 0.3 is 12.4 Å². The van der Waals surface area contributed by atoms with Crippen LogP contribution in [0.1, 0.15) is 23.6 Å². The zero-order chi connectivity index (χ0) is 14.1. The van der Waals surface area contributed by atoms with Crippen LogP contribution < -0.4 is 5.73 Å². The molecule has 0 aliphatic carbocycles. The number of rotatable bonds is 2. The molecule has 1 aromatic carbocycles. The summed E-state index contributed by atoms with van der Waals surface area (Å²) in [5.41, 5.74) is 2.37. The molecule has 0 aliphatic heterocycles. The van der Waals surface area contributed by atoms with Crippen molar-refractivity contribution in [2.45, 2.75) is 24.8 Å². The first-order valence-corrected chi connectivity index (χ1v) is 4.70. The van der Waals surface area contributed by atoms with Crippen LogP contribution >= 0.6 is 0 Å². The van der Waals surface area contributed by atoms with E-state index in [0.717, 1.165) is 6.07 Å². The molecule has 0 saturated heterocycles. The van der Waals surface area contributed by atoms with E-state index in [9.17, 15) is 30.7 Å². The summed E-state index contributed by atoms with van der Waals surface area (Å²) < 4.78 is 87.0. The van der Waals surface area contributed by atoms with Crippen LogP contribution in [0, 0.1) is 5.82 Å². The van der Waals surface area contributed by atoms with Crippen LogP contribution in [0.25, 0.3) is 0 Å². The summed E-state index contributed by atoms with van der Waals surface area (Å²) in [4.78, 5) is 0. The van der Waals surface area contributed by atoms with Gasteiger partial charge in [-0.1, -0.05) is 6.07 Å². The second-order valence-electron chi connectivity index (χ2n) is 3.62. The minimum atomic E-state index is -4.96. The van der Waals surface area contributed by atoms with Crippen LogP contribution in [-0.2, 0) is 6.18 Å². The normalized spacial score (nSPS) is 14.7. The van der Waals surface area contributed by atoms with E-state index in [2.05, 4.69) is 0 Å². The van der Waals surface area contributed by atoms with E-state index in [1.54, 1.807) is 0 Å². The van der Waals surface area contributed by atoms with Crippen LogP contribution in [-0.4, -0.2) is 6.18 Å². The summed E-state index contributed by atoms with van der Waals surface area (Å²) in [6, 6.07) is -0.194. The molecule has 0 spiro atoms. The lowest BCUT2D eigenvalue weighted by molar-refractivity contribution is -0.145. The Morgan fingerprint density at radius 3 is 2.06 bits per heavy atom. The first kappa shape index (κ1) is 14.7. The molecule has 1 aromatic rings. The summed E-state index contributed by atoms with van der Waals surface area (Å²) in [5.74, 6) is -1.40. The quantitative estimate of drug-likeness (QED) is 0.816. The van der Waals surface area contributed by atoms with Gasteiger partial charge in [0.15, 0.2) is 0 Å². The Morgan fingerprint density at radius 1 is 1.06 bits per heavy atom. The molecule has 0 aliphatic rings. The van der Waals surface area contributed by atoms with E-state index < -0.39 is 41.8 Å². The zero-order valence-electron chi connectivity index (χ0n) is 8.74. The Kier molecular flexibility index (Phi) is 3.89. The van der Waals surface area contributed by atoms with Gasteiger partial charge < -0.3 is 5.73 Å². The van der Waals surface area contributed by atoms with E-state index in [4.69, 9.17) is 5.73 Å². The molecule has 102 valence electrons. The fourth-order valence-corrected chi connectivity index (χ4v) is 1.51. The van der Waals surface area contributed by atoms with Gasteiger partial charge in [-0.2, -0.15) is 26.3 Å². The van der Waals surface area contributed by atoms with Gasteiger partial charge in [0, 0.05) is 11.6 Å². The molecule has 1 nitrogen and oxygen atoms in total. The number of alkyl halides is 6. The largest absolute Gasteiger partial charge is 0.416 e. The average molecular weight is 275 g/mol. The lowest BCUT2D eigenvalue weighted by Crippen LogP contribution is -2.24. The van der Waals surface area contributed by atoms with Crippen molar-refractivity contribution in [3.05, 3.63) is 35.1 Å². The molecule has 0 fully saturated rings. The Hall–Kier alpha value is -1.31. The van der Waals surface area contributed by atoms with Crippen molar-refractivity contribution < 1.29 is 30.7 Å². The Balaban J connectivity index is 3.22. The first-order chi connectivity index (χ1) is 8.02. The van der Waals surface area contributed by atoms with Gasteiger partial charge in [-0.05, 0) is 12.1 Å². The van der Waals surface area contributed by atoms with Crippen LogP contribution in [0.4, 0.5) is 30.7 Å². The van der Waals surface area contributed by atoms with E-state index >= 15 is 0 Å². The lowest BCUT2D eigenvalue weighted by Gasteiger charge is -2.20. The molecule has 0 aromatic heterocycles. The number of benzene rings is 1. The van der Waals surface area contributed by atoms with Gasteiger partial charge in [-0.3, -0.25) is 0 Å². The van der Waals surface area contributed by atoms with Crippen LogP contribution in [0.5, 0.6) is 0 Å². The number of hydrogen-bond acceptors (Lipinski definition) is 1. The maximum atomic E-state index is 13.3. The third kappa shape index (κ3) is 3.59. The molecule has 0 saturated carbocycles. The highest BCUT2D eigenvalue weighted by molar-refractivity contribution is 5.33. The first-order valence-electron chi connectivity index (χ1n) is 4.70. The van der Waals surface area contributed by atoms with E-state index in [1.807, 2.05) is 0 Å². The Bertz CT molecular complexity index is 421. The van der Waals surface area contributed by atoms with E-state index in [-0.39, 0.29) is 0 Å². The summed E-state index contributed by atoms with van der Waals surface area (Å²) in [6.45, 7) is 0. The summed E-state index contributed by atoms with van der Waals surface area (Å²) in [7, 11) is 0. The number of nitrogens with two attached hydrogens (primary N) is 1. The highest BCUT2D eigenvalue weighted by Crippen LogP contribution is 2.38. The van der Waals surface area contributed by atoms with Crippen molar-refractivity contribution in [3.63, 3.8) is 0 Å². The molecule has 0 bridgehead atoms. The average Bonchev–Trinajstić information content (AvgIpc) is 2.12. The van der Waals surface area contributed by atoms with Crippen molar-refractivity contribution >= 4 is 0 Å². The SMILES string of the molecule is N[C@@H](CC(F)(F)F)c1c(F)cccc1C(F)(F)F. The molecular formula is C10H8F7N. The Morgan fingerprint density at radius 2 is 1.61 bits per heavy atom. The molecule has 18 heavy (non-hydrogen) atoms. The monoisotopic (exact) mass is 275 g/mol. The molecule has 1 rings (SSSR count). The predicted octanol–water partition coefficient (Wildman–Crippen LogP) is 3.80. The lowest BCUT2D eigenvalue weighted by atomic mass is 9.97. The molecule has 1 atom stereocenters. The van der Waals surface area contributed by atoms with Crippen molar-refractivity contribution in [1.29, 1.82) is 0 Å². The van der Waals surface area contributed by atoms with Crippen molar-refractivity contribution in [2.24, 2.45) is 5.73 Å². The molecule has 0 heterocycles. The smallest absolute Gasteiger partial charge is 0.324 e. The topological polar surface area (TPSA) is 26.0 Å². The standard InChI is InChI=1S/C10H8F7N/c11-6-3-1-2-5(10(15,16)17)8(6)7(18)4-9(12,13)14/h1-3,7H,4,18H2/t7-/m0/s1. The highest BCUT2D eigenvalue weighted by Gasteiger charge is 2.39. The third-order valence-corrected chi connectivity index (χ3v) is 2.18. The van der Waals surface area contributed by atoms with Crippen LogP contribution in [0.15, 0.2) is 18.2 Å². The van der Waals surface area contributed by atoms with Crippen molar-refractivity contribution in [1.82, 2.24) is 0 Å². The van der Waals surface area contributed by atoms with Gasteiger partial charge in [0.2, 0.25) is 0 Å². The fraction of sp³-hybridized carbons (Fsp3) is 0.400. The molecule has 0 amide bonds. The second-order valence-corrected chi connectivity index (χ2v) is 3.62. The number of halogens is 7. The molecule has 2 N–H and O–H groups in total. The minimum Gasteiger partial charge on any atom is -0.324 e. The maximum absolute atomic E-state index is 13.3. The van der Waals surface area contributed by atoms with Gasteiger partial charge in [-0.15, -0.1) is 0 Å². The minimum absolute atomic E-state index is 0.495. The fourth-order valence-electron chi connectivity index (χ4n) is 1.51. The van der Waals surface area contributed by atoms with E-state index in [1.165, 1.54) is 0 Å². The second kappa shape index (κ2) is 4.75. The van der Waals surface area contributed by atoms with Crippen molar-refractivity contribution in [2.75, 3.05) is 0 Å². The predicted molar refractivity (Wildman–Crippen MR) is 49.0 cm³/mol. The van der Waals surface area contributed by atoms with Gasteiger partial charge in [-0.25, -0.2) is 4.39 Å². The molecule has 0 unspecified atom stereocenters. The molecule has 8 heteroatoms. The van der Waals surface area contributed by atoms with Crippen LogP contribution in [0.3, 0.4) is 0 Å². The van der Waals surface area contributed by atoms with Gasteiger partial charge in [0.05, 0.1) is 12.0 Å². The summed E-state index contributed by atoms with van der Waals surface area (Å²) in [5, 5.41) is 0. The summed E-state index contributed by atoms with van der Waals surface area (Å²) in [6.07, 6.45) is -11.5. The summed E-state index contributed by atoms with van der Waals surface area (Å²) >= 11 is 0. The highest BCUT2D eigenvalue weighted by atomic mass is 19.4. The van der Waals surface area contributed by atoms with Crippen molar-refractivity contribution in [3.8, 4) is 0 Å². The van der Waals surface area contributed by atoms with E-state index in [0.29, 0.717) is 12.1 Å². The molecule has 0 radical (unpaired) electrons. The Labute approximate surface area is 97.4 Å². The molecular weight excluding hydrogens is 267 g/mol. The van der Waals surface area contributed by atoms with Gasteiger partial charge in [0.1, 0.15) is 5.82 Å². The number of hydrogen-bond donors (Lipinski definition) is 1.